The highest BCUT2D eigenvalue weighted by molar-refractivity contribution is 5.95. The van der Waals surface area contributed by atoms with Gasteiger partial charge in [-0.05, 0) is 29.8 Å². The zero-order chi connectivity index (χ0) is 19.9. The molecule has 4 rings (SSSR count). The van der Waals surface area contributed by atoms with E-state index >= 15 is 0 Å². The normalized spacial score (nSPS) is 10.9. The minimum atomic E-state index is -0.325. The molecule has 3 aromatic heterocycles. The van der Waals surface area contributed by atoms with E-state index < -0.39 is 0 Å². The summed E-state index contributed by atoms with van der Waals surface area (Å²) in [4.78, 5) is 20.2. The van der Waals surface area contributed by atoms with Gasteiger partial charge in [0.25, 0.3) is 5.91 Å². The van der Waals surface area contributed by atoms with Crippen molar-refractivity contribution in [2.75, 3.05) is 0 Å². The van der Waals surface area contributed by atoms with Crippen molar-refractivity contribution in [1.82, 2.24) is 25.2 Å². The van der Waals surface area contributed by atoms with Crippen molar-refractivity contribution in [1.29, 1.82) is 0 Å². The lowest BCUT2D eigenvalue weighted by Gasteiger charge is -2.01. The first-order valence-electron chi connectivity index (χ1n) is 9.05. The molecular weight excluding hydrogens is 364 g/mol. The van der Waals surface area contributed by atoms with Gasteiger partial charge in [-0.1, -0.05) is 30.3 Å². The Labute approximate surface area is 167 Å². The quantitative estimate of drug-likeness (QED) is 0.410. The Morgan fingerprint density at radius 2 is 1.79 bits per heavy atom. The standard InChI is InChI=1S/C22H18N6O/c29-22(19-9-5-11-24-13-19)26-25-14-20-16-28(15-17-6-2-1-3-7-17)27-21(20)18-8-4-10-23-12-18/h1-14,16H,15H2,(H,26,29)/b25-14-. The molecular formula is C22H18N6O. The summed E-state index contributed by atoms with van der Waals surface area (Å²) in [6.45, 7) is 0.629. The van der Waals surface area contributed by atoms with Gasteiger partial charge >= 0.3 is 0 Å². The van der Waals surface area contributed by atoms with Gasteiger partial charge in [-0.3, -0.25) is 19.4 Å². The summed E-state index contributed by atoms with van der Waals surface area (Å²) in [6.07, 6.45) is 10.1. The lowest BCUT2D eigenvalue weighted by Crippen LogP contribution is -2.17. The Kier molecular flexibility index (Phi) is 5.48. The molecule has 1 N–H and O–H groups in total. The molecule has 1 amide bonds. The van der Waals surface area contributed by atoms with Crippen molar-refractivity contribution < 1.29 is 4.79 Å². The summed E-state index contributed by atoms with van der Waals surface area (Å²) in [7, 11) is 0. The zero-order valence-corrected chi connectivity index (χ0v) is 15.5. The van der Waals surface area contributed by atoms with Crippen molar-refractivity contribution in [3.8, 4) is 11.3 Å². The van der Waals surface area contributed by atoms with Crippen LogP contribution in [-0.2, 0) is 6.54 Å². The van der Waals surface area contributed by atoms with E-state index in [4.69, 9.17) is 5.10 Å². The van der Waals surface area contributed by atoms with Gasteiger partial charge in [0.05, 0.1) is 18.3 Å². The van der Waals surface area contributed by atoms with Crippen LogP contribution in [0.3, 0.4) is 0 Å². The van der Waals surface area contributed by atoms with E-state index in [1.54, 1.807) is 36.9 Å². The number of nitrogens with one attached hydrogen (secondary N) is 1. The number of aromatic nitrogens is 4. The fourth-order valence-electron chi connectivity index (χ4n) is 2.83. The molecule has 142 valence electrons. The minimum absolute atomic E-state index is 0.325. The van der Waals surface area contributed by atoms with Crippen LogP contribution in [-0.4, -0.2) is 31.9 Å². The highest BCUT2D eigenvalue weighted by Crippen LogP contribution is 2.20. The van der Waals surface area contributed by atoms with Crippen LogP contribution in [0.1, 0.15) is 21.5 Å². The van der Waals surface area contributed by atoms with Crippen LogP contribution in [0.5, 0.6) is 0 Å². The van der Waals surface area contributed by atoms with E-state index in [-0.39, 0.29) is 5.91 Å². The number of hydrazone groups is 1. The first-order chi connectivity index (χ1) is 14.3. The van der Waals surface area contributed by atoms with Crippen LogP contribution < -0.4 is 5.43 Å². The number of pyridine rings is 2. The summed E-state index contributed by atoms with van der Waals surface area (Å²) in [5.41, 5.74) is 6.50. The number of nitrogens with zero attached hydrogens (tertiary/aromatic N) is 5. The Balaban J connectivity index is 1.58. The van der Waals surface area contributed by atoms with E-state index in [1.165, 1.54) is 6.20 Å². The van der Waals surface area contributed by atoms with E-state index in [9.17, 15) is 4.79 Å². The Bertz CT molecular complexity index is 1110. The molecule has 0 aliphatic carbocycles. The third kappa shape index (κ3) is 4.59. The predicted molar refractivity (Wildman–Crippen MR) is 110 cm³/mol. The maximum atomic E-state index is 12.1. The minimum Gasteiger partial charge on any atom is -0.267 e. The summed E-state index contributed by atoms with van der Waals surface area (Å²) in [5.74, 6) is -0.325. The van der Waals surface area contributed by atoms with Gasteiger partial charge in [-0.25, -0.2) is 5.43 Å². The number of hydrogen-bond donors (Lipinski definition) is 1. The van der Waals surface area contributed by atoms with Crippen molar-refractivity contribution in [3.05, 3.63) is 102 Å². The van der Waals surface area contributed by atoms with Gasteiger partial charge in [0.15, 0.2) is 0 Å². The molecule has 0 spiro atoms. The fourth-order valence-corrected chi connectivity index (χ4v) is 2.83. The van der Waals surface area contributed by atoms with E-state index in [0.717, 1.165) is 22.4 Å². The molecule has 0 radical (unpaired) electrons. The van der Waals surface area contributed by atoms with Gasteiger partial charge < -0.3 is 0 Å². The molecule has 7 nitrogen and oxygen atoms in total. The predicted octanol–water partition coefficient (Wildman–Crippen LogP) is 3.15. The third-order valence-electron chi connectivity index (χ3n) is 4.21. The van der Waals surface area contributed by atoms with Crippen molar-refractivity contribution in [3.63, 3.8) is 0 Å². The zero-order valence-electron chi connectivity index (χ0n) is 15.5. The van der Waals surface area contributed by atoms with Crippen molar-refractivity contribution in [2.45, 2.75) is 6.54 Å². The number of rotatable bonds is 6. The molecule has 0 saturated carbocycles. The second-order valence-corrected chi connectivity index (χ2v) is 6.30. The smallest absolute Gasteiger partial charge is 0.267 e. The topological polar surface area (TPSA) is 85.1 Å². The number of benzene rings is 1. The van der Waals surface area contributed by atoms with Crippen LogP contribution in [0.25, 0.3) is 11.3 Å². The molecule has 29 heavy (non-hydrogen) atoms. The van der Waals surface area contributed by atoms with Gasteiger partial charge in [0, 0.05) is 42.1 Å². The van der Waals surface area contributed by atoms with Gasteiger partial charge in [0.1, 0.15) is 5.69 Å². The summed E-state index contributed by atoms with van der Waals surface area (Å²) >= 11 is 0. The number of hydrogen-bond acceptors (Lipinski definition) is 5. The largest absolute Gasteiger partial charge is 0.272 e. The first kappa shape index (κ1) is 18.2. The van der Waals surface area contributed by atoms with E-state index in [1.807, 2.05) is 53.3 Å². The lowest BCUT2D eigenvalue weighted by atomic mass is 10.1. The molecule has 0 aliphatic rings. The average molecular weight is 382 g/mol. The van der Waals surface area contributed by atoms with Crippen LogP contribution >= 0.6 is 0 Å². The van der Waals surface area contributed by atoms with Crippen molar-refractivity contribution in [2.24, 2.45) is 5.10 Å². The monoisotopic (exact) mass is 382 g/mol. The maximum absolute atomic E-state index is 12.1. The molecule has 0 unspecified atom stereocenters. The molecule has 7 heteroatoms. The highest BCUT2D eigenvalue weighted by atomic mass is 16.2. The average Bonchev–Trinajstić information content (AvgIpc) is 3.18. The van der Waals surface area contributed by atoms with Gasteiger partial charge in [0.2, 0.25) is 0 Å². The Morgan fingerprint density at radius 3 is 2.52 bits per heavy atom. The molecule has 0 bridgehead atoms. The van der Waals surface area contributed by atoms with E-state index in [0.29, 0.717) is 12.1 Å². The first-order valence-corrected chi connectivity index (χ1v) is 9.05. The van der Waals surface area contributed by atoms with Gasteiger partial charge in [-0.2, -0.15) is 10.2 Å². The summed E-state index contributed by atoms with van der Waals surface area (Å²) < 4.78 is 1.85. The molecule has 0 atom stereocenters. The molecule has 4 aromatic rings. The Hall–Kier alpha value is -4.13. The van der Waals surface area contributed by atoms with Crippen LogP contribution in [0, 0.1) is 0 Å². The van der Waals surface area contributed by atoms with Gasteiger partial charge in [-0.15, -0.1) is 0 Å². The second-order valence-electron chi connectivity index (χ2n) is 6.30. The molecule has 0 saturated heterocycles. The second kappa shape index (κ2) is 8.71. The Morgan fingerprint density at radius 1 is 1.00 bits per heavy atom. The van der Waals surface area contributed by atoms with Crippen molar-refractivity contribution >= 4 is 12.1 Å². The number of amides is 1. The number of carbonyl (C=O) groups is 1. The lowest BCUT2D eigenvalue weighted by molar-refractivity contribution is 0.0955. The molecule has 1 aromatic carbocycles. The molecule has 0 aliphatic heterocycles. The maximum Gasteiger partial charge on any atom is 0.272 e. The third-order valence-corrected chi connectivity index (χ3v) is 4.21. The highest BCUT2D eigenvalue weighted by Gasteiger charge is 2.11. The fraction of sp³-hybridized carbons (Fsp3) is 0.0455. The van der Waals surface area contributed by atoms with Crippen LogP contribution in [0.15, 0.2) is 90.7 Å². The molecule has 0 fully saturated rings. The molecule has 3 heterocycles. The van der Waals surface area contributed by atoms with Crippen LogP contribution in [0.2, 0.25) is 0 Å². The number of carbonyl (C=O) groups excluding carboxylic acids is 1. The summed E-state index contributed by atoms with van der Waals surface area (Å²) in [5, 5.41) is 8.79. The SMILES string of the molecule is O=C(N/N=C\c1cn(Cc2ccccc2)nc1-c1cccnc1)c1cccnc1. The van der Waals surface area contributed by atoms with E-state index in [2.05, 4.69) is 20.5 Å². The van der Waals surface area contributed by atoms with Crippen LogP contribution in [0.4, 0.5) is 0 Å². The summed E-state index contributed by atoms with van der Waals surface area (Å²) in [6, 6.07) is 17.2.